The van der Waals surface area contributed by atoms with Crippen molar-refractivity contribution < 1.29 is 24.0 Å². The van der Waals surface area contributed by atoms with Crippen LogP contribution in [-0.4, -0.2) is 40.1 Å². The minimum absolute atomic E-state index is 0.0106. The van der Waals surface area contributed by atoms with E-state index in [-0.39, 0.29) is 36.7 Å². The third-order valence-corrected chi connectivity index (χ3v) is 6.92. The van der Waals surface area contributed by atoms with Gasteiger partial charge in [0.1, 0.15) is 0 Å². The molecule has 0 unspecified atom stereocenters. The second-order valence-electron chi connectivity index (χ2n) is 11.3. The summed E-state index contributed by atoms with van der Waals surface area (Å²) in [6.45, 7) is 10.8. The molecule has 0 aliphatic rings. The SMILES string of the molecule is CC(C)[C@H](CC(=O)[C@H](C)NC(=O)[C@@H](CC(=O)c1ccncc1)C(C)(C)C)C(=O)C(=O)CCc1ccccc1. The first-order chi connectivity index (χ1) is 17.8. The number of Topliss-reactive ketones (excluding diaryl/α,β-unsaturated/α-hetero) is 4. The summed E-state index contributed by atoms with van der Waals surface area (Å²) in [6.07, 6.45) is 3.46. The summed E-state index contributed by atoms with van der Waals surface area (Å²) in [5.41, 5.74) is 0.913. The molecule has 0 saturated carbocycles. The van der Waals surface area contributed by atoms with E-state index >= 15 is 0 Å². The van der Waals surface area contributed by atoms with Gasteiger partial charge < -0.3 is 5.32 Å². The van der Waals surface area contributed by atoms with Gasteiger partial charge in [0.15, 0.2) is 17.3 Å². The van der Waals surface area contributed by atoms with Gasteiger partial charge in [-0.3, -0.25) is 29.0 Å². The molecule has 7 heteroatoms. The average Bonchev–Trinajstić information content (AvgIpc) is 2.88. The van der Waals surface area contributed by atoms with Crippen molar-refractivity contribution in [2.75, 3.05) is 0 Å². The fraction of sp³-hybridized carbons (Fsp3) is 0.484. The summed E-state index contributed by atoms with van der Waals surface area (Å²) >= 11 is 0. The van der Waals surface area contributed by atoms with E-state index < -0.39 is 40.8 Å². The smallest absolute Gasteiger partial charge is 0.224 e. The van der Waals surface area contributed by atoms with E-state index in [4.69, 9.17) is 0 Å². The molecule has 3 atom stereocenters. The van der Waals surface area contributed by atoms with E-state index in [0.717, 1.165) is 5.56 Å². The molecule has 38 heavy (non-hydrogen) atoms. The van der Waals surface area contributed by atoms with E-state index in [1.54, 1.807) is 19.1 Å². The van der Waals surface area contributed by atoms with Crippen LogP contribution < -0.4 is 5.32 Å². The largest absolute Gasteiger partial charge is 0.346 e. The molecule has 0 bridgehead atoms. The molecule has 7 nitrogen and oxygen atoms in total. The topological polar surface area (TPSA) is 110 Å². The van der Waals surface area contributed by atoms with E-state index in [9.17, 15) is 24.0 Å². The van der Waals surface area contributed by atoms with Crippen LogP contribution in [0.25, 0.3) is 0 Å². The van der Waals surface area contributed by atoms with Crippen molar-refractivity contribution in [3.05, 3.63) is 66.0 Å². The Hall–Kier alpha value is -3.48. The predicted octanol–water partition coefficient (Wildman–Crippen LogP) is 4.82. The first kappa shape index (κ1) is 30.7. The molecule has 0 radical (unpaired) electrons. The Morgan fingerprint density at radius 3 is 2.03 bits per heavy atom. The number of aromatic nitrogens is 1. The van der Waals surface area contributed by atoms with E-state index in [0.29, 0.717) is 12.0 Å². The quantitative estimate of drug-likeness (QED) is 0.282. The lowest BCUT2D eigenvalue weighted by Gasteiger charge is -2.30. The zero-order valence-corrected chi connectivity index (χ0v) is 23.3. The van der Waals surface area contributed by atoms with Crippen molar-refractivity contribution in [3.63, 3.8) is 0 Å². The Balaban J connectivity index is 2.02. The lowest BCUT2D eigenvalue weighted by Crippen LogP contribution is -2.46. The number of nitrogens with zero attached hydrogens (tertiary/aromatic N) is 1. The maximum Gasteiger partial charge on any atom is 0.224 e. The molecule has 2 aromatic rings. The van der Waals surface area contributed by atoms with Crippen molar-refractivity contribution >= 4 is 29.0 Å². The molecule has 1 amide bonds. The van der Waals surface area contributed by atoms with Crippen LogP contribution in [0.5, 0.6) is 0 Å². The van der Waals surface area contributed by atoms with Crippen LogP contribution >= 0.6 is 0 Å². The molecule has 0 fully saturated rings. The van der Waals surface area contributed by atoms with Crippen molar-refractivity contribution in [1.82, 2.24) is 10.3 Å². The van der Waals surface area contributed by atoms with Gasteiger partial charge in [-0.15, -0.1) is 0 Å². The van der Waals surface area contributed by atoms with Crippen LogP contribution in [0.2, 0.25) is 0 Å². The maximum absolute atomic E-state index is 13.2. The fourth-order valence-electron chi connectivity index (χ4n) is 4.28. The Kier molecular flexibility index (Phi) is 11.2. The lowest BCUT2D eigenvalue weighted by molar-refractivity contribution is -0.141. The van der Waals surface area contributed by atoms with Crippen LogP contribution in [0.1, 0.15) is 76.7 Å². The summed E-state index contributed by atoms with van der Waals surface area (Å²) in [5.74, 6) is -3.56. The maximum atomic E-state index is 13.2. The lowest BCUT2D eigenvalue weighted by atomic mass is 9.76. The van der Waals surface area contributed by atoms with Crippen molar-refractivity contribution in [2.45, 2.75) is 73.3 Å². The van der Waals surface area contributed by atoms with Gasteiger partial charge in [-0.25, -0.2) is 0 Å². The number of benzene rings is 1. The predicted molar refractivity (Wildman–Crippen MR) is 146 cm³/mol. The molecular formula is C31H40N2O5. The number of nitrogens with one attached hydrogen (secondary N) is 1. The van der Waals surface area contributed by atoms with Gasteiger partial charge in [-0.2, -0.15) is 0 Å². The normalized spacial score (nSPS) is 13.9. The Morgan fingerprint density at radius 2 is 1.47 bits per heavy atom. The molecule has 2 rings (SSSR count). The molecule has 0 spiro atoms. The third-order valence-electron chi connectivity index (χ3n) is 6.92. The van der Waals surface area contributed by atoms with Crippen LogP contribution in [0.3, 0.4) is 0 Å². The second-order valence-corrected chi connectivity index (χ2v) is 11.3. The van der Waals surface area contributed by atoms with Crippen LogP contribution in [0.15, 0.2) is 54.9 Å². The number of pyridine rings is 1. The van der Waals surface area contributed by atoms with Crippen molar-refractivity contribution in [2.24, 2.45) is 23.2 Å². The number of aryl methyl sites for hydroxylation is 1. The van der Waals surface area contributed by atoms with Gasteiger partial charge in [0.2, 0.25) is 11.7 Å². The summed E-state index contributed by atoms with van der Waals surface area (Å²) in [7, 11) is 0. The fourth-order valence-corrected chi connectivity index (χ4v) is 4.28. The van der Waals surface area contributed by atoms with Gasteiger partial charge in [-0.1, -0.05) is 65.0 Å². The highest BCUT2D eigenvalue weighted by molar-refractivity contribution is 6.38. The molecular weight excluding hydrogens is 480 g/mol. The Morgan fingerprint density at radius 1 is 0.868 bits per heavy atom. The number of rotatable bonds is 14. The molecule has 204 valence electrons. The van der Waals surface area contributed by atoms with Crippen LogP contribution in [0.4, 0.5) is 0 Å². The van der Waals surface area contributed by atoms with Gasteiger partial charge in [0.25, 0.3) is 0 Å². The van der Waals surface area contributed by atoms with E-state index in [2.05, 4.69) is 10.3 Å². The number of hydrogen-bond donors (Lipinski definition) is 1. The number of ketones is 4. The summed E-state index contributed by atoms with van der Waals surface area (Å²) in [6, 6.07) is 11.8. The van der Waals surface area contributed by atoms with Crippen LogP contribution in [0, 0.1) is 23.2 Å². The zero-order valence-electron chi connectivity index (χ0n) is 23.3. The second kappa shape index (κ2) is 13.9. The Bertz CT molecular complexity index is 1120. The summed E-state index contributed by atoms with van der Waals surface area (Å²) in [4.78, 5) is 68.6. The molecule has 1 aromatic heterocycles. The molecule has 0 saturated heterocycles. The zero-order chi connectivity index (χ0) is 28.5. The minimum atomic E-state index is -0.864. The molecule has 0 aliphatic carbocycles. The van der Waals surface area contributed by atoms with Gasteiger partial charge in [0, 0.05) is 43.1 Å². The summed E-state index contributed by atoms with van der Waals surface area (Å²) < 4.78 is 0. The molecule has 1 heterocycles. The van der Waals surface area contributed by atoms with Crippen molar-refractivity contribution in [1.29, 1.82) is 0 Å². The Labute approximate surface area is 225 Å². The number of amides is 1. The van der Waals surface area contributed by atoms with E-state index in [1.165, 1.54) is 12.4 Å². The number of hydrogen-bond acceptors (Lipinski definition) is 6. The average molecular weight is 521 g/mol. The standard InChI is InChI=1S/C31H40N2O5/c1-20(2)24(29(37)26(34)13-12-22-10-8-7-9-11-22)18-27(35)21(3)33-30(38)25(31(4,5)6)19-28(36)23-14-16-32-17-15-23/h7-11,14-17,20-21,24-25H,12-13,18-19H2,1-6H3,(H,33,38)/t21-,24-,25+/m0/s1. The molecule has 0 aliphatic heterocycles. The highest BCUT2D eigenvalue weighted by atomic mass is 16.2. The minimum Gasteiger partial charge on any atom is -0.346 e. The first-order valence-electron chi connectivity index (χ1n) is 13.2. The van der Waals surface area contributed by atoms with Crippen LogP contribution in [-0.2, 0) is 25.6 Å². The van der Waals surface area contributed by atoms with E-state index in [1.807, 2.05) is 65.0 Å². The first-order valence-corrected chi connectivity index (χ1v) is 13.2. The molecule has 1 aromatic carbocycles. The highest BCUT2D eigenvalue weighted by Crippen LogP contribution is 2.30. The highest BCUT2D eigenvalue weighted by Gasteiger charge is 2.36. The third kappa shape index (κ3) is 9.12. The van der Waals surface area contributed by atoms with Gasteiger partial charge >= 0.3 is 0 Å². The summed E-state index contributed by atoms with van der Waals surface area (Å²) in [5, 5.41) is 2.75. The van der Waals surface area contributed by atoms with Gasteiger partial charge in [0.05, 0.1) is 12.0 Å². The van der Waals surface area contributed by atoms with Gasteiger partial charge in [-0.05, 0) is 42.4 Å². The number of carbonyl (C=O) groups is 5. The monoisotopic (exact) mass is 520 g/mol. The number of carbonyl (C=O) groups excluding carboxylic acids is 5. The molecule has 1 N–H and O–H groups in total. The van der Waals surface area contributed by atoms with Crippen molar-refractivity contribution in [3.8, 4) is 0 Å².